The molecule has 0 bridgehead atoms. The molecule has 0 fully saturated rings. The lowest BCUT2D eigenvalue weighted by molar-refractivity contribution is -0.557. The molecule has 0 aliphatic carbocycles. The molecule has 0 unspecified atom stereocenters. The highest BCUT2D eigenvalue weighted by molar-refractivity contribution is 5.95. The molecule has 2 rings (SSSR count). The summed E-state index contributed by atoms with van der Waals surface area (Å²) in [5.41, 5.74) is 6.00. The van der Waals surface area contributed by atoms with Gasteiger partial charge in [-0.1, -0.05) is 0 Å². The fourth-order valence-electron chi connectivity index (χ4n) is 1.71. The second-order valence-corrected chi connectivity index (χ2v) is 3.57. The van der Waals surface area contributed by atoms with Crippen molar-refractivity contribution in [2.75, 3.05) is 7.05 Å². The first-order valence-electron chi connectivity index (χ1n) is 4.67. The van der Waals surface area contributed by atoms with Crippen LogP contribution in [0.5, 0.6) is 0 Å². The first-order chi connectivity index (χ1) is 7.50. The fourth-order valence-corrected chi connectivity index (χ4v) is 1.71. The molecule has 0 spiro atoms. The van der Waals surface area contributed by atoms with E-state index in [1.807, 2.05) is 0 Å². The fraction of sp³-hybridized carbons (Fsp3) is 0.222. The molecule has 1 aromatic rings. The number of primary amides is 2. The summed E-state index contributed by atoms with van der Waals surface area (Å²) in [5, 5.41) is 10.6. The van der Waals surface area contributed by atoms with Crippen molar-refractivity contribution in [3.63, 3.8) is 0 Å². The Morgan fingerprint density at radius 3 is 3.00 bits per heavy atom. The molecular formula is C9H12N4O3+2. The lowest BCUT2D eigenvalue weighted by Gasteiger charge is -2.07. The number of fused-ring (bicyclic) bond motifs is 1. The van der Waals surface area contributed by atoms with Crippen molar-refractivity contribution in [2.24, 2.45) is 5.73 Å². The summed E-state index contributed by atoms with van der Waals surface area (Å²) in [7, 11) is 1.63. The van der Waals surface area contributed by atoms with Crippen LogP contribution in [-0.2, 0) is 11.3 Å². The SMILES string of the molecule is C[N+]1=C(O)[NH2+]C(=O)c2c1ccn2CC(N)=O. The van der Waals surface area contributed by atoms with E-state index in [4.69, 9.17) is 5.73 Å². The molecule has 1 aliphatic rings. The third-order valence-corrected chi connectivity index (χ3v) is 2.47. The van der Waals surface area contributed by atoms with Crippen LogP contribution >= 0.6 is 0 Å². The molecule has 0 radical (unpaired) electrons. The van der Waals surface area contributed by atoms with Crippen LogP contribution < -0.4 is 11.1 Å². The predicted molar refractivity (Wildman–Crippen MR) is 53.4 cm³/mol. The number of carbonyl (C=O) groups is 2. The summed E-state index contributed by atoms with van der Waals surface area (Å²) in [6.45, 7) is -0.0521. The zero-order valence-electron chi connectivity index (χ0n) is 8.67. The first-order valence-corrected chi connectivity index (χ1v) is 4.67. The van der Waals surface area contributed by atoms with Crippen LogP contribution in [0.1, 0.15) is 10.5 Å². The molecule has 0 aromatic carbocycles. The highest BCUT2D eigenvalue weighted by Gasteiger charge is 2.37. The molecule has 1 aromatic heterocycles. The third-order valence-electron chi connectivity index (χ3n) is 2.47. The van der Waals surface area contributed by atoms with Crippen molar-refractivity contribution >= 4 is 23.5 Å². The summed E-state index contributed by atoms with van der Waals surface area (Å²) in [6, 6.07) is 1.54. The van der Waals surface area contributed by atoms with E-state index in [0.717, 1.165) is 5.32 Å². The van der Waals surface area contributed by atoms with Crippen LogP contribution in [-0.4, -0.2) is 39.1 Å². The zero-order chi connectivity index (χ0) is 11.9. The number of aliphatic hydroxyl groups is 1. The van der Waals surface area contributed by atoms with Gasteiger partial charge in [-0.2, -0.15) is 5.32 Å². The van der Waals surface area contributed by atoms with E-state index in [9.17, 15) is 14.7 Å². The normalized spacial score (nSPS) is 15.2. The monoisotopic (exact) mass is 224 g/mol. The van der Waals surface area contributed by atoms with Gasteiger partial charge in [-0.3, -0.25) is 4.79 Å². The van der Waals surface area contributed by atoms with Gasteiger partial charge in [0.05, 0.1) is 0 Å². The number of aromatic nitrogens is 1. The summed E-state index contributed by atoms with van der Waals surface area (Å²) < 4.78 is 2.94. The van der Waals surface area contributed by atoms with E-state index in [1.54, 1.807) is 19.3 Å². The Bertz CT molecular complexity index is 515. The van der Waals surface area contributed by atoms with Gasteiger partial charge in [-0.15, -0.1) is 4.58 Å². The second kappa shape index (κ2) is 3.46. The van der Waals surface area contributed by atoms with E-state index in [-0.39, 0.29) is 18.5 Å². The minimum Gasteiger partial charge on any atom is -0.415 e. The Labute approximate surface area is 90.8 Å². The number of nitrogens with zero attached hydrogens (tertiary/aromatic N) is 2. The van der Waals surface area contributed by atoms with Crippen molar-refractivity contribution in [2.45, 2.75) is 6.54 Å². The van der Waals surface area contributed by atoms with E-state index in [0.29, 0.717) is 11.4 Å². The van der Waals surface area contributed by atoms with Crippen LogP contribution in [0, 0.1) is 0 Å². The van der Waals surface area contributed by atoms with Gasteiger partial charge in [0.15, 0.2) is 0 Å². The number of hydrogen-bond donors (Lipinski definition) is 3. The van der Waals surface area contributed by atoms with E-state index >= 15 is 0 Å². The predicted octanol–water partition coefficient (Wildman–Crippen LogP) is -2.12. The summed E-state index contributed by atoms with van der Waals surface area (Å²) in [6.07, 6.45) is 1.59. The summed E-state index contributed by atoms with van der Waals surface area (Å²) >= 11 is 0. The number of nitrogens with two attached hydrogens (primary N) is 2. The molecule has 5 N–H and O–H groups in total. The van der Waals surface area contributed by atoms with Gasteiger partial charge in [-0.25, -0.2) is 4.79 Å². The maximum Gasteiger partial charge on any atom is 0.553 e. The number of amidine groups is 1. The minimum absolute atomic E-state index is 0.0521. The quantitative estimate of drug-likeness (QED) is 0.500. The molecule has 84 valence electrons. The third kappa shape index (κ3) is 1.47. The number of amides is 2. The molecule has 0 saturated carbocycles. The van der Waals surface area contributed by atoms with Crippen molar-refractivity contribution in [3.8, 4) is 0 Å². The van der Waals surface area contributed by atoms with Crippen molar-refractivity contribution in [3.05, 3.63) is 18.0 Å². The van der Waals surface area contributed by atoms with Gasteiger partial charge in [0.2, 0.25) is 17.3 Å². The van der Waals surface area contributed by atoms with Gasteiger partial charge in [0.25, 0.3) is 0 Å². The zero-order valence-corrected chi connectivity index (χ0v) is 8.67. The number of hydrogen-bond acceptors (Lipinski definition) is 2. The maximum atomic E-state index is 11.7. The number of quaternary nitrogens is 1. The molecule has 2 heterocycles. The number of rotatable bonds is 2. The standard InChI is InChI=1S/C9H10N4O3/c1-12-5-2-3-13(4-6(10)14)7(5)8(15)11-9(12)16/h2-3H,4H2,1H3,(H3,10,11,14,15,16)/p+2. The maximum absolute atomic E-state index is 11.7. The van der Waals surface area contributed by atoms with Crippen molar-refractivity contribution < 1.29 is 24.6 Å². The first kappa shape index (κ1) is 10.4. The second-order valence-electron chi connectivity index (χ2n) is 3.57. The molecule has 16 heavy (non-hydrogen) atoms. The summed E-state index contributed by atoms with van der Waals surface area (Å²) in [5.74, 6) is -0.857. The van der Waals surface area contributed by atoms with Crippen LogP contribution in [0.4, 0.5) is 5.69 Å². The Balaban J connectivity index is 2.53. The smallest absolute Gasteiger partial charge is 0.415 e. The highest BCUT2D eigenvalue weighted by atomic mass is 16.3. The van der Waals surface area contributed by atoms with E-state index in [1.165, 1.54) is 9.14 Å². The Kier molecular flexibility index (Phi) is 2.24. The van der Waals surface area contributed by atoms with Crippen LogP contribution in [0.15, 0.2) is 12.3 Å². The molecule has 7 nitrogen and oxygen atoms in total. The average Bonchev–Trinajstić information content (AvgIpc) is 2.58. The van der Waals surface area contributed by atoms with Gasteiger partial charge in [-0.05, 0) is 0 Å². The lowest BCUT2D eigenvalue weighted by Crippen LogP contribution is -2.94. The van der Waals surface area contributed by atoms with Crippen molar-refractivity contribution in [1.29, 1.82) is 0 Å². The van der Waals surface area contributed by atoms with Crippen molar-refractivity contribution in [1.82, 2.24) is 4.57 Å². The molecular weight excluding hydrogens is 212 g/mol. The Morgan fingerprint density at radius 1 is 1.69 bits per heavy atom. The molecule has 0 saturated heterocycles. The van der Waals surface area contributed by atoms with Crippen LogP contribution in [0.25, 0.3) is 0 Å². The molecule has 0 atom stereocenters. The highest BCUT2D eigenvalue weighted by Crippen LogP contribution is 2.20. The van der Waals surface area contributed by atoms with E-state index in [2.05, 4.69) is 0 Å². The van der Waals surface area contributed by atoms with Gasteiger partial charge < -0.3 is 15.4 Å². The lowest BCUT2D eigenvalue weighted by atomic mass is 10.3. The molecule has 1 aliphatic heterocycles. The molecule has 2 amide bonds. The Morgan fingerprint density at radius 2 is 2.38 bits per heavy atom. The number of carbonyl (C=O) groups excluding carboxylic acids is 2. The Hall–Kier alpha value is -2.15. The topological polar surface area (TPSA) is 105 Å². The average molecular weight is 224 g/mol. The largest absolute Gasteiger partial charge is 0.553 e. The minimum atomic E-state index is -0.521. The summed E-state index contributed by atoms with van der Waals surface area (Å²) in [4.78, 5) is 22.5. The van der Waals surface area contributed by atoms with Crippen LogP contribution in [0.2, 0.25) is 0 Å². The van der Waals surface area contributed by atoms with Crippen LogP contribution in [0.3, 0.4) is 0 Å². The van der Waals surface area contributed by atoms with E-state index < -0.39 is 5.91 Å². The van der Waals surface area contributed by atoms with Gasteiger partial charge in [0.1, 0.15) is 13.6 Å². The van der Waals surface area contributed by atoms with Gasteiger partial charge in [0, 0.05) is 12.3 Å². The molecule has 7 heteroatoms. The number of aliphatic hydroxyl groups excluding tert-OH is 1. The van der Waals surface area contributed by atoms with Gasteiger partial charge >= 0.3 is 11.9 Å².